The number of nitrogens with zero attached hydrogens (tertiary/aromatic N) is 1. The molecule has 0 radical (unpaired) electrons. The molecule has 0 aromatic heterocycles. The van der Waals surface area contributed by atoms with Crippen LogP contribution >= 0.6 is 0 Å². The van der Waals surface area contributed by atoms with E-state index in [1.54, 1.807) is 6.07 Å². The standard InChI is InChI=1S/C12H14N2O3/c1-2-6-14-7-10(15)13-11-8(12(16)17)4-3-5-9(11)14/h3-5H,2,6-7H2,1H3,(H,13,15)(H,16,17). The van der Waals surface area contributed by atoms with Gasteiger partial charge in [-0.2, -0.15) is 0 Å². The van der Waals surface area contributed by atoms with Crippen molar-refractivity contribution in [1.82, 2.24) is 0 Å². The van der Waals surface area contributed by atoms with Crippen molar-refractivity contribution in [3.8, 4) is 0 Å². The van der Waals surface area contributed by atoms with Crippen molar-refractivity contribution >= 4 is 23.3 Å². The number of hydrogen-bond acceptors (Lipinski definition) is 3. The van der Waals surface area contributed by atoms with E-state index >= 15 is 0 Å². The maximum absolute atomic E-state index is 11.5. The number of para-hydroxylation sites is 1. The van der Waals surface area contributed by atoms with E-state index < -0.39 is 5.97 Å². The summed E-state index contributed by atoms with van der Waals surface area (Å²) in [5, 5.41) is 11.7. The average molecular weight is 234 g/mol. The molecule has 0 fully saturated rings. The summed E-state index contributed by atoms with van der Waals surface area (Å²) in [4.78, 5) is 24.5. The molecule has 1 amide bonds. The molecule has 1 aromatic rings. The third kappa shape index (κ3) is 2.08. The van der Waals surface area contributed by atoms with Crippen molar-refractivity contribution in [2.75, 3.05) is 23.3 Å². The van der Waals surface area contributed by atoms with Crippen molar-refractivity contribution in [3.05, 3.63) is 23.8 Å². The van der Waals surface area contributed by atoms with Gasteiger partial charge in [0, 0.05) is 6.54 Å². The zero-order valence-corrected chi connectivity index (χ0v) is 9.56. The van der Waals surface area contributed by atoms with Crippen molar-refractivity contribution < 1.29 is 14.7 Å². The number of anilines is 2. The van der Waals surface area contributed by atoms with E-state index in [0.717, 1.165) is 18.7 Å². The molecule has 0 spiro atoms. The number of nitrogens with one attached hydrogen (secondary N) is 1. The van der Waals surface area contributed by atoms with Crippen LogP contribution in [0.3, 0.4) is 0 Å². The van der Waals surface area contributed by atoms with E-state index in [0.29, 0.717) is 5.69 Å². The summed E-state index contributed by atoms with van der Waals surface area (Å²) in [5.74, 6) is -1.19. The van der Waals surface area contributed by atoms with Crippen LogP contribution in [0.2, 0.25) is 0 Å². The highest BCUT2D eigenvalue weighted by atomic mass is 16.4. The van der Waals surface area contributed by atoms with E-state index in [2.05, 4.69) is 5.32 Å². The molecule has 1 aliphatic rings. The Hall–Kier alpha value is -2.04. The quantitative estimate of drug-likeness (QED) is 0.832. The molecule has 5 nitrogen and oxygen atoms in total. The predicted octanol–water partition coefficient (Wildman–Crippen LogP) is 1.55. The van der Waals surface area contributed by atoms with Gasteiger partial charge in [-0.25, -0.2) is 4.79 Å². The summed E-state index contributed by atoms with van der Waals surface area (Å²) in [7, 11) is 0. The number of aromatic carboxylic acids is 1. The summed E-state index contributed by atoms with van der Waals surface area (Å²) in [5.41, 5.74) is 1.33. The largest absolute Gasteiger partial charge is 0.478 e. The zero-order valence-electron chi connectivity index (χ0n) is 9.56. The SMILES string of the molecule is CCCN1CC(=O)Nc2c(C(=O)O)cccc21. The lowest BCUT2D eigenvalue weighted by Gasteiger charge is -2.31. The van der Waals surface area contributed by atoms with Crippen LogP contribution in [0.4, 0.5) is 11.4 Å². The van der Waals surface area contributed by atoms with E-state index in [-0.39, 0.29) is 18.0 Å². The second-order valence-electron chi connectivity index (χ2n) is 3.97. The molecular weight excluding hydrogens is 220 g/mol. The Bertz CT molecular complexity index is 471. The topological polar surface area (TPSA) is 69.6 Å². The number of carboxylic acid groups (broad SMARTS) is 1. The van der Waals surface area contributed by atoms with Crippen LogP contribution in [-0.4, -0.2) is 30.1 Å². The van der Waals surface area contributed by atoms with Crippen LogP contribution in [0.25, 0.3) is 0 Å². The van der Waals surface area contributed by atoms with E-state index in [1.807, 2.05) is 17.9 Å². The lowest BCUT2D eigenvalue weighted by molar-refractivity contribution is -0.115. The third-order valence-electron chi connectivity index (χ3n) is 2.71. The van der Waals surface area contributed by atoms with Gasteiger partial charge in [-0.05, 0) is 18.6 Å². The summed E-state index contributed by atoms with van der Waals surface area (Å²) in [6, 6.07) is 5.02. The second kappa shape index (κ2) is 4.45. The minimum atomic E-state index is -1.03. The van der Waals surface area contributed by atoms with E-state index in [1.165, 1.54) is 6.07 Å². The summed E-state index contributed by atoms with van der Waals surface area (Å²) >= 11 is 0. The first-order valence-corrected chi connectivity index (χ1v) is 5.54. The number of fused-ring (bicyclic) bond motifs is 1. The Balaban J connectivity index is 2.49. The Morgan fingerprint density at radius 1 is 1.53 bits per heavy atom. The van der Waals surface area contributed by atoms with Gasteiger partial charge in [-0.3, -0.25) is 4.79 Å². The summed E-state index contributed by atoms with van der Waals surface area (Å²) in [6.45, 7) is 3.04. The van der Waals surface area contributed by atoms with Gasteiger partial charge in [0.1, 0.15) is 0 Å². The zero-order chi connectivity index (χ0) is 12.4. The molecule has 1 aliphatic heterocycles. The molecule has 1 heterocycles. The van der Waals surface area contributed by atoms with Crippen molar-refractivity contribution in [2.24, 2.45) is 0 Å². The van der Waals surface area contributed by atoms with Gasteiger partial charge >= 0.3 is 5.97 Å². The number of carboxylic acids is 1. The lowest BCUT2D eigenvalue weighted by Crippen LogP contribution is -2.39. The molecule has 2 N–H and O–H groups in total. The predicted molar refractivity (Wildman–Crippen MR) is 64.5 cm³/mol. The normalized spacial score (nSPS) is 14.2. The number of benzene rings is 1. The lowest BCUT2D eigenvalue weighted by atomic mass is 10.1. The first-order valence-electron chi connectivity index (χ1n) is 5.54. The first kappa shape index (κ1) is 11.4. The molecule has 0 saturated heterocycles. The van der Waals surface area contributed by atoms with E-state index in [9.17, 15) is 9.59 Å². The highest BCUT2D eigenvalue weighted by Crippen LogP contribution is 2.32. The van der Waals surface area contributed by atoms with Gasteiger partial charge in [0.05, 0.1) is 23.5 Å². The highest BCUT2D eigenvalue weighted by Gasteiger charge is 2.25. The number of rotatable bonds is 3. The summed E-state index contributed by atoms with van der Waals surface area (Å²) < 4.78 is 0. The van der Waals surface area contributed by atoms with Gasteiger partial charge in [0.2, 0.25) is 5.91 Å². The molecule has 0 unspecified atom stereocenters. The number of amides is 1. The molecule has 5 heteroatoms. The third-order valence-corrected chi connectivity index (χ3v) is 2.71. The Labute approximate surface area is 99.0 Å². The van der Waals surface area contributed by atoms with Crippen molar-refractivity contribution in [2.45, 2.75) is 13.3 Å². The smallest absolute Gasteiger partial charge is 0.337 e. The molecule has 2 rings (SSSR count). The Morgan fingerprint density at radius 3 is 2.94 bits per heavy atom. The first-order chi connectivity index (χ1) is 8.13. The molecule has 1 aromatic carbocycles. The maximum atomic E-state index is 11.5. The molecule has 90 valence electrons. The summed E-state index contributed by atoms with van der Waals surface area (Å²) in [6.07, 6.45) is 0.907. The fourth-order valence-electron chi connectivity index (χ4n) is 2.02. The monoisotopic (exact) mass is 234 g/mol. The van der Waals surface area contributed by atoms with Crippen LogP contribution in [0.1, 0.15) is 23.7 Å². The molecule has 17 heavy (non-hydrogen) atoms. The number of carbonyl (C=O) groups excluding carboxylic acids is 1. The van der Waals surface area contributed by atoms with Crippen LogP contribution in [0, 0.1) is 0 Å². The Kier molecular flexibility index (Phi) is 2.99. The molecular formula is C12H14N2O3. The minimum absolute atomic E-state index is 0.136. The van der Waals surface area contributed by atoms with Gasteiger partial charge in [-0.1, -0.05) is 13.0 Å². The number of hydrogen-bond donors (Lipinski definition) is 2. The average Bonchev–Trinajstić information content (AvgIpc) is 2.28. The minimum Gasteiger partial charge on any atom is -0.478 e. The van der Waals surface area contributed by atoms with Gasteiger partial charge in [-0.15, -0.1) is 0 Å². The van der Waals surface area contributed by atoms with Crippen molar-refractivity contribution in [3.63, 3.8) is 0 Å². The van der Waals surface area contributed by atoms with Crippen LogP contribution in [0.5, 0.6) is 0 Å². The maximum Gasteiger partial charge on any atom is 0.337 e. The molecule has 0 aliphatic carbocycles. The fourth-order valence-corrected chi connectivity index (χ4v) is 2.02. The van der Waals surface area contributed by atoms with Gasteiger partial charge in [0.25, 0.3) is 0 Å². The number of carbonyl (C=O) groups is 2. The van der Waals surface area contributed by atoms with E-state index in [4.69, 9.17) is 5.11 Å². The Morgan fingerprint density at radius 2 is 2.29 bits per heavy atom. The van der Waals surface area contributed by atoms with Crippen LogP contribution < -0.4 is 10.2 Å². The molecule has 0 saturated carbocycles. The van der Waals surface area contributed by atoms with Gasteiger partial charge < -0.3 is 15.3 Å². The molecule has 0 bridgehead atoms. The second-order valence-corrected chi connectivity index (χ2v) is 3.97. The van der Waals surface area contributed by atoms with Crippen molar-refractivity contribution in [1.29, 1.82) is 0 Å². The van der Waals surface area contributed by atoms with Crippen LogP contribution in [-0.2, 0) is 4.79 Å². The van der Waals surface area contributed by atoms with Gasteiger partial charge in [0.15, 0.2) is 0 Å². The fraction of sp³-hybridized carbons (Fsp3) is 0.333. The highest BCUT2D eigenvalue weighted by molar-refractivity contribution is 6.08. The molecule has 0 atom stereocenters. The van der Waals surface area contributed by atoms with Crippen LogP contribution in [0.15, 0.2) is 18.2 Å².